The predicted molar refractivity (Wildman–Crippen MR) is 154 cm³/mol. The van der Waals surface area contributed by atoms with E-state index in [9.17, 15) is 27.8 Å². The summed E-state index contributed by atoms with van der Waals surface area (Å²) in [6, 6.07) is 5.96. The Morgan fingerprint density at radius 2 is 1.72 bits per heavy atom. The quantitative estimate of drug-likeness (QED) is 0.187. The molecule has 2 N–H and O–H groups in total. The number of benzene rings is 1. The molecule has 1 aromatic carbocycles. The van der Waals surface area contributed by atoms with Crippen LogP contribution in [0, 0.1) is 22.7 Å². The SMILES string of the molecule is CC12CCC3c4ccc(O)cc4CCC3C1CCC2O.[B]C(F)(F)C(F)(F)CCCSC(C)(C)C(C)(C)CC. The zero-order chi connectivity index (χ0) is 29.4. The zero-order valence-corrected chi connectivity index (χ0v) is 25.3. The summed E-state index contributed by atoms with van der Waals surface area (Å²) in [5, 5.41) is 20.0. The lowest BCUT2D eigenvalue weighted by Crippen LogP contribution is -2.43. The van der Waals surface area contributed by atoms with Gasteiger partial charge in [-0.25, -0.2) is 17.6 Å². The number of hydrogen-bond acceptors (Lipinski definition) is 3. The van der Waals surface area contributed by atoms with Gasteiger partial charge in [0.1, 0.15) is 5.75 Å². The molecule has 0 heterocycles. The summed E-state index contributed by atoms with van der Waals surface area (Å²) in [5.41, 5.74) is 3.05. The van der Waals surface area contributed by atoms with E-state index in [0.29, 0.717) is 23.3 Å². The molecule has 2 fully saturated rings. The van der Waals surface area contributed by atoms with Crippen LogP contribution < -0.4 is 0 Å². The van der Waals surface area contributed by atoms with Crippen LogP contribution in [0.2, 0.25) is 0 Å². The van der Waals surface area contributed by atoms with Gasteiger partial charge in [0.2, 0.25) is 0 Å². The molecule has 0 bridgehead atoms. The summed E-state index contributed by atoms with van der Waals surface area (Å²) < 4.78 is 50.7. The summed E-state index contributed by atoms with van der Waals surface area (Å²) >= 11 is 1.54. The van der Waals surface area contributed by atoms with Gasteiger partial charge in [0.25, 0.3) is 11.7 Å². The molecule has 2 nitrogen and oxygen atoms in total. The van der Waals surface area contributed by atoms with E-state index in [1.807, 2.05) is 12.1 Å². The predicted octanol–water partition coefficient (Wildman–Crippen LogP) is 8.72. The average Bonchev–Trinajstić information content (AvgIpc) is 3.15. The van der Waals surface area contributed by atoms with Crippen molar-refractivity contribution < 1.29 is 27.8 Å². The lowest BCUT2D eigenvalue weighted by Gasteiger charge is -2.50. The van der Waals surface area contributed by atoms with Gasteiger partial charge in [-0.1, -0.05) is 47.6 Å². The lowest BCUT2D eigenvalue weighted by atomic mass is 9.55. The number of phenols is 1. The molecule has 2 saturated carbocycles. The molecule has 8 heteroatoms. The van der Waals surface area contributed by atoms with Gasteiger partial charge in [0.05, 0.1) is 6.10 Å². The number of fused-ring (bicyclic) bond motifs is 5. The van der Waals surface area contributed by atoms with Crippen LogP contribution in [0.1, 0.15) is 110 Å². The third-order valence-electron chi connectivity index (χ3n) is 10.8. The fraction of sp³-hybridized carbons (Fsp3) is 0.806. The van der Waals surface area contributed by atoms with Crippen LogP contribution in [0.3, 0.4) is 0 Å². The van der Waals surface area contributed by atoms with Crippen molar-refractivity contribution in [3.05, 3.63) is 29.3 Å². The number of aliphatic hydroxyl groups excluding tert-OH is 1. The number of rotatable bonds is 8. The van der Waals surface area contributed by atoms with Gasteiger partial charge >= 0.3 is 0 Å². The monoisotopic (exact) mass is 570 g/mol. The van der Waals surface area contributed by atoms with E-state index >= 15 is 0 Å². The maximum Gasteiger partial charge on any atom is 0.300 e. The van der Waals surface area contributed by atoms with Crippen molar-refractivity contribution >= 4 is 19.6 Å². The fourth-order valence-electron chi connectivity index (χ4n) is 6.95. The Hall–Kier alpha value is -0.885. The Bertz CT molecular complexity index is 980. The summed E-state index contributed by atoms with van der Waals surface area (Å²) in [7, 11) is 4.18. The van der Waals surface area contributed by atoms with Crippen LogP contribution in [-0.2, 0) is 6.42 Å². The topological polar surface area (TPSA) is 40.5 Å². The second-order valence-corrected chi connectivity index (χ2v) is 15.2. The molecule has 3 aliphatic carbocycles. The second-order valence-electron chi connectivity index (χ2n) is 13.5. The van der Waals surface area contributed by atoms with Gasteiger partial charge in [-0.2, -0.15) is 11.8 Å². The average molecular weight is 571 g/mol. The van der Waals surface area contributed by atoms with Gasteiger partial charge in [-0.3, -0.25) is 0 Å². The highest BCUT2D eigenvalue weighted by molar-refractivity contribution is 8.00. The molecule has 0 aromatic heterocycles. The highest BCUT2D eigenvalue weighted by Crippen LogP contribution is 2.61. The van der Waals surface area contributed by atoms with Gasteiger partial charge < -0.3 is 10.2 Å². The summed E-state index contributed by atoms with van der Waals surface area (Å²) in [6.07, 6.45) is 6.88. The number of hydrogen-bond donors (Lipinski definition) is 2. The number of aryl methyl sites for hydroxylation is 1. The first kappa shape index (κ1) is 32.6. The maximum absolute atomic E-state index is 13.0. The minimum Gasteiger partial charge on any atom is -0.508 e. The standard InChI is InChI=1S/C18H24O2.C13H23BF4S/c1-18-9-8-14-13-5-3-12(19)10-11(13)2-4-15(14)16(18)6-7-17(18)20;1-6-10(2,3)11(4,5)19-9-7-8-12(15,16)13(14,17)18/h3,5,10,14-17,19-20H,2,4,6-9H2,1H3;6-9H2,1-5H3. The Balaban J connectivity index is 0.000000216. The maximum atomic E-state index is 13.0. The minimum atomic E-state index is -4.43. The van der Waals surface area contributed by atoms with Gasteiger partial charge in [0, 0.05) is 11.2 Å². The number of phenolic OH excluding ortho intramolecular Hbond substituents is 1. The number of aromatic hydroxyl groups is 1. The second kappa shape index (κ2) is 11.8. The highest BCUT2D eigenvalue weighted by atomic mass is 32.2. The van der Waals surface area contributed by atoms with E-state index in [2.05, 4.69) is 55.5 Å². The summed E-state index contributed by atoms with van der Waals surface area (Å²) in [6.45, 7) is 12.7. The number of aliphatic hydroxyl groups is 1. The van der Waals surface area contributed by atoms with Crippen molar-refractivity contribution in [1.29, 1.82) is 0 Å². The van der Waals surface area contributed by atoms with E-state index in [0.717, 1.165) is 31.6 Å². The Morgan fingerprint density at radius 3 is 2.33 bits per heavy atom. The first-order valence-corrected chi connectivity index (χ1v) is 15.5. The molecule has 4 rings (SSSR count). The van der Waals surface area contributed by atoms with Crippen molar-refractivity contribution in [2.45, 2.75) is 128 Å². The van der Waals surface area contributed by atoms with E-state index in [1.165, 1.54) is 30.4 Å². The molecule has 3 aliphatic rings. The first-order chi connectivity index (χ1) is 17.9. The molecule has 0 spiro atoms. The van der Waals surface area contributed by atoms with Gasteiger partial charge in [-0.05, 0) is 109 Å². The van der Waals surface area contributed by atoms with E-state index in [-0.39, 0.29) is 28.1 Å². The molecular formula is C31H47BF4O2S. The first-order valence-electron chi connectivity index (χ1n) is 14.5. The van der Waals surface area contributed by atoms with Crippen LogP contribution in [0.4, 0.5) is 17.6 Å². The minimum absolute atomic E-state index is 0.0215. The van der Waals surface area contributed by atoms with Crippen LogP contribution in [0.5, 0.6) is 5.75 Å². The number of thioether (sulfide) groups is 1. The largest absolute Gasteiger partial charge is 0.508 e. The molecular weight excluding hydrogens is 523 g/mol. The Morgan fingerprint density at radius 1 is 1.05 bits per heavy atom. The lowest BCUT2D eigenvalue weighted by molar-refractivity contribution is -0.161. The van der Waals surface area contributed by atoms with E-state index < -0.39 is 18.2 Å². The van der Waals surface area contributed by atoms with E-state index in [4.69, 9.17) is 0 Å². The molecule has 0 aliphatic heterocycles. The number of halogens is 4. The van der Waals surface area contributed by atoms with Gasteiger partial charge in [0.15, 0.2) is 7.85 Å². The molecule has 1 aromatic rings. The summed E-state index contributed by atoms with van der Waals surface area (Å²) in [5.74, 6) is -5.65. The molecule has 5 atom stereocenters. The van der Waals surface area contributed by atoms with E-state index in [1.54, 1.807) is 11.8 Å². The van der Waals surface area contributed by atoms with Crippen LogP contribution >= 0.6 is 11.8 Å². The Labute approximate surface area is 238 Å². The molecule has 2 radical (unpaired) electrons. The zero-order valence-electron chi connectivity index (χ0n) is 24.5. The number of alkyl halides is 4. The third kappa shape index (κ3) is 6.79. The van der Waals surface area contributed by atoms with Crippen molar-refractivity contribution in [3.8, 4) is 5.75 Å². The van der Waals surface area contributed by atoms with Crippen molar-refractivity contribution in [1.82, 2.24) is 0 Å². The normalized spacial score (nSPS) is 29.1. The van der Waals surface area contributed by atoms with Crippen molar-refractivity contribution in [3.63, 3.8) is 0 Å². The molecule has 5 unspecified atom stereocenters. The summed E-state index contributed by atoms with van der Waals surface area (Å²) in [4.78, 5) is 0. The molecule has 0 saturated heterocycles. The molecule has 220 valence electrons. The smallest absolute Gasteiger partial charge is 0.300 e. The third-order valence-corrected chi connectivity index (χ3v) is 12.5. The van der Waals surface area contributed by atoms with Gasteiger partial charge in [-0.15, -0.1) is 0 Å². The highest BCUT2D eigenvalue weighted by Gasteiger charge is 2.54. The molecule has 39 heavy (non-hydrogen) atoms. The van der Waals surface area contributed by atoms with Crippen molar-refractivity contribution in [2.75, 3.05) is 5.75 Å². The van der Waals surface area contributed by atoms with Crippen LogP contribution in [0.15, 0.2) is 18.2 Å². The van der Waals surface area contributed by atoms with Crippen LogP contribution in [-0.4, -0.2) is 46.4 Å². The fourth-order valence-corrected chi connectivity index (χ4v) is 8.28. The van der Waals surface area contributed by atoms with Crippen LogP contribution in [0.25, 0.3) is 0 Å². The molecule has 0 amide bonds. The van der Waals surface area contributed by atoms with Crippen molar-refractivity contribution in [2.24, 2.45) is 22.7 Å². The Kier molecular flexibility index (Phi) is 9.85.